The monoisotopic (exact) mass is 566 g/mol. The van der Waals surface area contributed by atoms with Crippen molar-refractivity contribution in [3.63, 3.8) is 0 Å². The maximum atomic E-state index is 12.9. The number of hydrogen-bond donors (Lipinski definition) is 1. The van der Waals surface area contributed by atoms with E-state index in [1.807, 2.05) is 6.07 Å². The molecule has 38 heavy (non-hydrogen) atoms. The molecule has 0 saturated carbocycles. The summed E-state index contributed by atoms with van der Waals surface area (Å²) in [4.78, 5) is 10.9. The number of nitriles is 1. The molecule has 0 spiro atoms. The second-order valence-electron chi connectivity index (χ2n) is 7.88. The van der Waals surface area contributed by atoms with Crippen molar-refractivity contribution >= 4 is 25.8 Å². The van der Waals surface area contributed by atoms with E-state index in [-0.39, 0.29) is 69.4 Å². The van der Waals surface area contributed by atoms with Crippen LogP contribution in [-0.2, 0) is 31.1 Å². The summed E-state index contributed by atoms with van der Waals surface area (Å²) in [6, 6.07) is 17.0. The molecular weight excluding hydrogens is 543 g/mol. The Bertz CT molecular complexity index is 1580. The van der Waals surface area contributed by atoms with Crippen LogP contribution in [-0.4, -0.2) is 49.3 Å². The van der Waals surface area contributed by atoms with Crippen molar-refractivity contribution in [2.75, 3.05) is 26.5 Å². The Morgan fingerprint density at radius 2 is 1.71 bits per heavy atom. The first kappa shape index (κ1) is 31.3. The molecule has 0 saturated heterocycles. The van der Waals surface area contributed by atoms with Gasteiger partial charge >= 0.3 is 29.6 Å². The molecular formula is C25H23N2NaO8S2. The Kier molecular flexibility index (Phi) is 10.9. The van der Waals surface area contributed by atoms with Crippen LogP contribution in [0.25, 0.3) is 11.1 Å². The molecule has 0 aliphatic carbocycles. The molecule has 0 aliphatic rings. The van der Waals surface area contributed by atoms with Gasteiger partial charge in [0.25, 0.3) is 0 Å². The second kappa shape index (κ2) is 13.2. The zero-order valence-corrected chi connectivity index (χ0v) is 24.6. The predicted octanol–water partition coefficient (Wildman–Crippen LogP) is -1.71. The van der Waals surface area contributed by atoms with Crippen molar-refractivity contribution in [3.8, 4) is 28.7 Å². The van der Waals surface area contributed by atoms with Crippen LogP contribution in [0.3, 0.4) is 0 Å². The summed E-state index contributed by atoms with van der Waals surface area (Å²) >= 11 is 0. The molecule has 0 unspecified atom stereocenters. The average Bonchev–Trinajstić information content (AvgIpc) is 2.86. The largest absolute Gasteiger partial charge is 1.00 e. The van der Waals surface area contributed by atoms with Gasteiger partial charge in [-0.3, -0.25) is 0 Å². The Hall–Kier alpha value is -2.92. The summed E-state index contributed by atoms with van der Waals surface area (Å²) in [6.45, 7) is -0.850. The third-order valence-electron chi connectivity index (χ3n) is 5.28. The van der Waals surface area contributed by atoms with Crippen LogP contribution in [0, 0.1) is 11.3 Å². The van der Waals surface area contributed by atoms with Crippen LogP contribution in [0.2, 0.25) is 0 Å². The number of sulfonamides is 1. The molecule has 1 N–H and O–H groups in total. The summed E-state index contributed by atoms with van der Waals surface area (Å²) in [5, 5.41) is 20.1. The molecule has 0 heterocycles. The van der Waals surface area contributed by atoms with Gasteiger partial charge in [0, 0.05) is 18.4 Å². The van der Waals surface area contributed by atoms with E-state index >= 15 is 0 Å². The normalized spacial score (nSPS) is 11.2. The van der Waals surface area contributed by atoms with Gasteiger partial charge in [-0.15, -0.1) is 0 Å². The first-order valence-electron chi connectivity index (χ1n) is 10.8. The molecule has 194 valence electrons. The van der Waals surface area contributed by atoms with E-state index in [1.165, 1.54) is 37.4 Å². The molecule has 0 radical (unpaired) electrons. The molecule has 3 aromatic carbocycles. The van der Waals surface area contributed by atoms with Crippen LogP contribution < -0.4 is 48.9 Å². The van der Waals surface area contributed by atoms with Gasteiger partial charge in [0.2, 0.25) is 10.0 Å². The van der Waals surface area contributed by atoms with E-state index in [4.69, 9.17) is 14.7 Å². The zero-order valence-electron chi connectivity index (χ0n) is 20.9. The van der Waals surface area contributed by atoms with Crippen LogP contribution in [0.15, 0.2) is 70.5 Å². The van der Waals surface area contributed by atoms with Gasteiger partial charge in [0.1, 0.15) is 23.0 Å². The zero-order chi connectivity index (χ0) is 27.2. The van der Waals surface area contributed by atoms with Gasteiger partial charge in [-0.25, -0.2) is 21.6 Å². The van der Waals surface area contributed by atoms with Crippen LogP contribution in [0.5, 0.6) is 11.5 Å². The second-order valence-corrected chi connectivity index (χ2v) is 11.6. The Balaban J connectivity index is 0.00000507. The summed E-state index contributed by atoms with van der Waals surface area (Å²) in [5.41, 5.74) is 1.49. The Morgan fingerprint density at radius 1 is 1.00 bits per heavy atom. The van der Waals surface area contributed by atoms with E-state index in [0.717, 1.165) is 6.26 Å². The Morgan fingerprint density at radius 3 is 2.34 bits per heavy atom. The van der Waals surface area contributed by atoms with E-state index in [9.17, 15) is 26.7 Å². The number of aliphatic carboxylic acids is 1. The number of rotatable bonds is 11. The summed E-state index contributed by atoms with van der Waals surface area (Å²) in [5.74, 6) is -1.26. The minimum atomic E-state index is -4.06. The smallest absolute Gasteiger partial charge is 0.546 e. The number of carbonyl (C=O) groups excluding carboxylic acids is 1. The van der Waals surface area contributed by atoms with E-state index in [2.05, 4.69) is 4.72 Å². The third-order valence-corrected chi connectivity index (χ3v) is 7.92. The fourth-order valence-electron chi connectivity index (χ4n) is 3.58. The topological polar surface area (TPSA) is 163 Å². The van der Waals surface area contributed by atoms with Gasteiger partial charge in [-0.2, -0.15) is 5.26 Å². The van der Waals surface area contributed by atoms with Gasteiger partial charge in [0.15, 0.2) is 9.84 Å². The maximum absolute atomic E-state index is 12.9. The van der Waals surface area contributed by atoms with Crippen LogP contribution >= 0.6 is 0 Å². The molecule has 13 heteroatoms. The molecule has 0 aromatic heterocycles. The van der Waals surface area contributed by atoms with Gasteiger partial charge < -0.3 is 19.4 Å². The number of ether oxygens (including phenoxy) is 2. The Labute approximate surface area is 243 Å². The molecule has 0 atom stereocenters. The van der Waals surface area contributed by atoms with Gasteiger partial charge in [-0.1, -0.05) is 30.3 Å². The summed E-state index contributed by atoms with van der Waals surface area (Å²) < 4.78 is 63.1. The minimum Gasteiger partial charge on any atom is -0.546 e. The van der Waals surface area contributed by atoms with Crippen molar-refractivity contribution in [2.45, 2.75) is 16.2 Å². The van der Waals surface area contributed by atoms with Crippen molar-refractivity contribution in [2.24, 2.45) is 0 Å². The third kappa shape index (κ3) is 7.80. The SMILES string of the molecule is COc1ccc(C#N)cc1S(=O)(=O)NCCc1ccc(-c2ccccc2S(C)(=O)=O)cc1OCC(=O)[O-].[Na+]. The number of carboxylic acid groups (broad SMARTS) is 1. The number of sulfone groups is 1. The quantitative estimate of drug-likeness (QED) is 0.266. The molecule has 0 aliphatic heterocycles. The predicted molar refractivity (Wildman–Crippen MR) is 132 cm³/mol. The number of carboxylic acids is 1. The fourth-order valence-corrected chi connectivity index (χ4v) is 5.72. The number of hydrogen-bond acceptors (Lipinski definition) is 9. The fraction of sp³-hybridized carbons (Fsp3) is 0.200. The van der Waals surface area contributed by atoms with Crippen molar-refractivity contribution in [1.29, 1.82) is 5.26 Å². The van der Waals surface area contributed by atoms with Gasteiger partial charge in [0.05, 0.1) is 29.6 Å². The van der Waals surface area contributed by atoms with Crippen molar-refractivity contribution < 1.29 is 65.8 Å². The molecule has 0 amide bonds. The number of carbonyl (C=O) groups is 1. The minimum absolute atomic E-state index is 0. The maximum Gasteiger partial charge on any atom is 1.00 e. The van der Waals surface area contributed by atoms with E-state index < -0.39 is 32.4 Å². The molecule has 3 aromatic rings. The first-order valence-corrected chi connectivity index (χ1v) is 14.2. The molecule has 3 rings (SSSR count). The standard InChI is InChI=1S/C25H24N2O8S2.Na/c1-34-21-10-7-17(15-26)13-24(21)37(32,33)27-12-11-18-8-9-19(14-22(18)35-16-25(28)29)20-5-3-4-6-23(20)36(2,30)31;/h3-10,13-14,27H,11-12,16H2,1-2H3,(H,28,29);/q;+1/p-1. The van der Waals surface area contributed by atoms with Gasteiger partial charge in [-0.05, 0) is 47.9 Å². The van der Waals surface area contributed by atoms with E-state index in [0.29, 0.717) is 16.7 Å². The summed E-state index contributed by atoms with van der Waals surface area (Å²) in [7, 11) is -6.29. The molecule has 10 nitrogen and oxygen atoms in total. The number of nitrogens with one attached hydrogen (secondary N) is 1. The van der Waals surface area contributed by atoms with E-state index in [1.54, 1.807) is 30.3 Å². The number of benzene rings is 3. The summed E-state index contributed by atoms with van der Waals surface area (Å²) in [6.07, 6.45) is 1.19. The van der Waals surface area contributed by atoms with Crippen molar-refractivity contribution in [1.82, 2.24) is 4.72 Å². The van der Waals surface area contributed by atoms with Crippen LogP contribution in [0.4, 0.5) is 0 Å². The number of nitrogens with zero attached hydrogens (tertiary/aromatic N) is 1. The van der Waals surface area contributed by atoms with Crippen molar-refractivity contribution in [3.05, 3.63) is 71.8 Å². The first-order chi connectivity index (χ1) is 17.5. The molecule has 0 bridgehead atoms. The average molecular weight is 567 g/mol. The number of methoxy groups -OCH3 is 1. The van der Waals surface area contributed by atoms with Crippen LogP contribution in [0.1, 0.15) is 11.1 Å². The molecule has 0 fully saturated rings.